The Labute approximate surface area is 433 Å². The highest BCUT2D eigenvalue weighted by Gasteiger charge is 2.64. The summed E-state index contributed by atoms with van der Waals surface area (Å²) in [6, 6.07) is 0. The minimum Gasteiger partial charge on any atom is -0.281 e. The summed E-state index contributed by atoms with van der Waals surface area (Å²) in [4.78, 5) is 16.9. The van der Waals surface area contributed by atoms with Crippen molar-refractivity contribution >= 4 is 48.4 Å². The van der Waals surface area contributed by atoms with Crippen LogP contribution in [-0.2, 0) is 0 Å². The van der Waals surface area contributed by atoms with Gasteiger partial charge in [-0.2, -0.15) is 0 Å². The average Bonchev–Trinajstić information content (AvgIpc) is 4.03. The van der Waals surface area contributed by atoms with E-state index in [0.717, 1.165) is 169 Å². The minimum atomic E-state index is -3.25. The molecule has 3 heterocycles. The fourth-order valence-electron chi connectivity index (χ4n) is 13.1. The van der Waals surface area contributed by atoms with Gasteiger partial charge in [-0.25, -0.2) is 0 Å². The summed E-state index contributed by atoms with van der Waals surface area (Å²) in [5, 5.41) is 0. The SMILES string of the molecule is CCN(CC)P1CCC(N(CC)CC)(N(CC)CC)C1=N[P+](N=C1P(N(CC)CC)CCC1(N(CC)CC)N(CC)CC)(N=C1P(N(CC)CC)CCC1(N(CC)CC)N(CC)CC)N(CC)CC. The summed E-state index contributed by atoms with van der Waals surface area (Å²) in [6.07, 6.45) is 6.72. The highest BCUT2D eigenvalue weighted by atomic mass is 31.2. The number of rotatable bonds is 33. The Balaban J connectivity index is 3.10. The van der Waals surface area contributed by atoms with Crippen molar-refractivity contribution in [1.82, 2.24) is 48.1 Å². The Morgan fingerprint density at radius 1 is 0.304 bits per heavy atom. The standard InChI is InChI=1S/C52H112N13P4/c1-21-56(22-2)50(57(23-3)24-4)41-44-66(62(33-13)34-14)47(50)53-69(65(39-19)40-20,54-48-51(58(25-5)26-6,59(27-7)28-8)42-45-67(48)63(35-15)36-16)55-49-52(60(29-9)30-10,61(31-11)32-12)43-46-68(49)64(37-17)38-18/h21-46H2,1-20H3/q+1. The summed E-state index contributed by atoms with van der Waals surface area (Å²) in [5.41, 5.74) is 3.27. The second kappa shape index (κ2) is 30.2. The lowest BCUT2D eigenvalue weighted by molar-refractivity contribution is 0.00871. The number of hydrogen-bond acceptors (Lipinski definition) is 13. The molecule has 3 aliphatic rings. The third-order valence-electron chi connectivity index (χ3n) is 16.6. The van der Waals surface area contributed by atoms with Crippen molar-refractivity contribution in [2.24, 2.45) is 14.3 Å². The molecule has 3 saturated heterocycles. The molecule has 13 nitrogen and oxygen atoms in total. The Morgan fingerprint density at radius 2 is 0.493 bits per heavy atom. The first-order chi connectivity index (χ1) is 33.3. The second-order valence-electron chi connectivity index (χ2n) is 18.5. The van der Waals surface area contributed by atoms with E-state index in [1.165, 1.54) is 16.4 Å². The Bertz CT molecular complexity index is 1340. The first-order valence-electron chi connectivity index (χ1n) is 28.8. The fraction of sp³-hybridized carbons (Fsp3) is 0.942. The number of nitrogens with zero attached hydrogens (tertiary/aromatic N) is 13. The van der Waals surface area contributed by atoms with Gasteiger partial charge in [0.05, 0.1) is 0 Å². The molecule has 3 rings (SSSR count). The van der Waals surface area contributed by atoms with E-state index in [1.54, 1.807) is 0 Å². The molecule has 3 atom stereocenters. The normalized spacial score (nSPS) is 24.4. The Hall–Kier alpha value is 0.330. The monoisotopic (exact) mass is 1040 g/mol. The molecule has 0 aliphatic carbocycles. The van der Waals surface area contributed by atoms with Gasteiger partial charge >= 0.3 is 7.87 Å². The van der Waals surface area contributed by atoms with Crippen LogP contribution in [0.2, 0.25) is 0 Å². The summed E-state index contributed by atoms with van der Waals surface area (Å²) in [6.45, 7) is 67.5. The molecule has 3 fully saturated rings. The van der Waals surface area contributed by atoms with Crippen molar-refractivity contribution in [1.29, 1.82) is 0 Å². The van der Waals surface area contributed by atoms with Crippen LogP contribution in [0.4, 0.5) is 0 Å². The quantitative estimate of drug-likeness (QED) is 0.0469. The zero-order chi connectivity index (χ0) is 51.7. The molecule has 3 aliphatic heterocycles. The molecular weight excluding hydrogens is 931 g/mol. The van der Waals surface area contributed by atoms with Crippen molar-refractivity contribution in [3.63, 3.8) is 0 Å². The van der Waals surface area contributed by atoms with E-state index >= 15 is 0 Å². The molecule has 0 spiro atoms. The van der Waals surface area contributed by atoms with Gasteiger partial charge in [-0.15, -0.1) is 4.67 Å². The van der Waals surface area contributed by atoms with Crippen LogP contribution < -0.4 is 0 Å². The van der Waals surface area contributed by atoms with Crippen LogP contribution in [0.25, 0.3) is 0 Å². The molecule has 0 aromatic carbocycles. The van der Waals surface area contributed by atoms with Gasteiger partial charge in [-0.1, -0.05) is 139 Å². The molecule has 0 radical (unpaired) electrons. The maximum Gasteiger partial charge on any atom is 0.448 e. The van der Waals surface area contributed by atoms with Crippen molar-refractivity contribution in [3.8, 4) is 0 Å². The van der Waals surface area contributed by atoms with Gasteiger partial charge in [0.2, 0.25) is 0 Å². The van der Waals surface area contributed by atoms with Crippen molar-refractivity contribution < 1.29 is 0 Å². The molecule has 0 amide bonds. The molecule has 0 aromatic heterocycles. The first-order valence-corrected chi connectivity index (χ1v) is 34.8. The molecular formula is C52H112N13P4+. The fourth-order valence-corrected chi connectivity index (χ4v) is 26.3. The van der Waals surface area contributed by atoms with Gasteiger partial charge in [0, 0.05) is 37.3 Å². The van der Waals surface area contributed by atoms with Crippen LogP contribution in [-0.4, -0.2) is 231 Å². The predicted molar refractivity (Wildman–Crippen MR) is 316 cm³/mol. The molecule has 0 N–H and O–H groups in total. The third kappa shape index (κ3) is 12.1. The van der Waals surface area contributed by atoms with Crippen LogP contribution in [0.1, 0.15) is 158 Å². The van der Waals surface area contributed by atoms with Crippen LogP contribution in [0.3, 0.4) is 0 Å². The Morgan fingerprint density at radius 3 is 0.638 bits per heavy atom. The van der Waals surface area contributed by atoms with Crippen LogP contribution in [0, 0.1) is 0 Å². The predicted octanol–water partition coefficient (Wildman–Crippen LogP) is 11.8. The van der Waals surface area contributed by atoms with Crippen molar-refractivity contribution in [2.75, 3.05) is 149 Å². The van der Waals surface area contributed by atoms with E-state index < -0.39 is 32.1 Å². The molecule has 69 heavy (non-hydrogen) atoms. The lowest BCUT2D eigenvalue weighted by Gasteiger charge is -2.50. The summed E-state index contributed by atoms with van der Waals surface area (Å²) in [7, 11) is -5.51. The van der Waals surface area contributed by atoms with Crippen molar-refractivity contribution in [2.45, 2.75) is 175 Å². The van der Waals surface area contributed by atoms with E-state index in [4.69, 9.17) is 14.3 Å². The van der Waals surface area contributed by atoms with Gasteiger partial charge < -0.3 is 0 Å². The molecule has 0 saturated carbocycles. The van der Waals surface area contributed by atoms with Gasteiger partial charge in [-0.05, 0) is 169 Å². The molecule has 404 valence electrons. The smallest absolute Gasteiger partial charge is 0.281 e. The minimum absolute atomic E-state index is 0.317. The zero-order valence-electron chi connectivity index (χ0n) is 49.0. The second-order valence-corrected chi connectivity index (χ2v) is 27.4. The maximum atomic E-state index is 6.92. The highest BCUT2D eigenvalue weighted by molar-refractivity contribution is 7.81. The summed E-state index contributed by atoms with van der Waals surface area (Å²) < 4.78 is 31.9. The van der Waals surface area contributed by atoms with Gasteiger partial charge in [0.1, 0.15) is 33.3 Å². The first kappa shape index (κ1) is 63.6. The largest absolute Gasteiger partial charge is 0.448 e. The molecule has 3 unspecified atom stereocenters. The molecule has 0 bridgehead atoms. The maximum absolute atomic E-state index is 6.92. The van der Waals surface area contributed by atoms with E-state index in [0.29, 0.717) is 0 Å². The summed E-state index contributed by atoms with van der Waals surface area (Å²) in [5.74, 6) is 0. The van der Waals surface area contributed by atoms with E-state index in [9.17, 15) is 0 Å². The van der Waals surface area contributed by atoms with Crippen molar-refractivity contribution in [3.05, 3.63) is 0 Å². The molecule has 0 aromatic rings. The zero-order valence-corrected chi connectivity index (χ0v) is 52.6. The van der Waals surface area contributed by atoms with Gasteiger partial charge in [0.15, 0.2) is 0 Å². The van der Waals surface area contributed by atoms with E-state index in [1.807, 2.05) is 0 Å². The third-order valence-corrected chi connectivity index (χ3v) is 28.3. The lowest BCUT2D eigenvalue weighted by Crippen LogP contribution is -2.64. The average molecular weight is 1040 g/mol. The van der Waals surface area contributed by atoms with Crippen LogP contribution in [0.5, 0.6) is 0 Å². The topological polar surface area (TPSA) is 69.5 Å². The van der Waals surface area contributed by atoms with Crippen LogP contribution in [0.15, 0.2) is 14.3 Å². The Kier molecular flexibility index (Phi) is 27.8. The van der Waals surface area contributed by atoms with E-state index in [2.05, 4.69) is 187 Å². The molecule has 17 heteroatoms. The highest BCUT2D eigenvalue weighted by Crippen LogP contribution is 2.75. The van der Waals surface area contributed by atoms with Gasteiger partial charge in [-0.3, -0.25) is 43.4 Å². The number of hydrogen-bond donors (Lipinski definition) is 0. The van der Waals surface area contributed by atoms with E-state index in [-0.39, 0.29) is 17.0 Å². The summed E-state index contributed by atoms with van der Waals surface area (Å²) >= 11 is 0. The van der Waals surface area contributed by atoms with Gasteiger partial charge in [0.25, 0.3) is 0 Å². The lowest BCUT2D eigenvalue weighted by atomic mass is 10.0. The van der Waals surface area contributed by atoms with Crippen LogP contribution >= 0.6 is 32.1 Å².